The minimum atomic E-state index is -2.55. The fourth-order valence-electron chi connectivity index (χ4n) is 0.481. The normalized spacial score (nSPS) is 14.1. The Hall–Kier alpha value is 0.110. The molecule has 0 aromatic heterocycles. The van der Waals surface area contributed by atoms with Crippen molar-refractivity contribution in [1.82, 2.24) is 0 Å². The average molecular weight is 174 g/mol. The summed E-state index contributed by atoms with van der Waals surface area (Å²) in [6.45, 7) is 2.64. The zero-order chi connectivity index (χ0) is 7.49. The van der Waals surface area contributed by atoms with E-state index in [0.29, 0.717) is 6.42 Å². The Morgan fingerprint density at radius 2 is 1.90 bits per heavy atom. The van der Waals surface area contributed by atoms with Gasteiger partial charge in [0.05, 0.1) is 0 Å². The van der Waals surface area contributed by atoms with E-state index in [1.54, 1.807) is 6.92 Å². The predicted octanol–water partition coefficient (Wildman–Crippen LogP) is 2.19. The first-order valence-corrected chi connectivity index (χ1v) is 3.05. The highest BCUT2D eigenvalue weighted by atomic mass is 35.5. The fraction of sp³-hybridized carbons (Fsp3) is 1.00. The van der Waals surface area contributed by atoms with E-state index < -0.39 is 5.92 Å². The van der Waals surface area contributed by atoms with Crippen LogP contribution >= 0.6 is 12.4 Å². The second-order valence-corrected chi connectivity index (χ2v) is 2.59. The lowest BCUT2D eigenvalue weighted by Gasteiger charge is -2.10. The zero-order valence-electron chi connectivity index (χ0n) is 6.23. The van der Waals surface area contributed by atoms with Crippen LogP contribution in [0.5, 0.6) is 0 Å². The van der Waals surface area contributed by atoms with Crippen LogP contribution in [0, 0.1) is 0 Å². The smallest absolute Gasteiger partial charge is 0.245 e. The summed E-state index contributed by atoms with van der Waals surface area (Å²) < 4.78 is 24.1. The van der Waals surface area contributed by atoms with Gasteiger partial charge in [-0.05, 0) is 20.3 Å². The van der Waals surface area contributed by atoms with Crippen LogP contribution in [-0.4, -0.2) is 12.0 Å². The molecule has 4 heteroatoms. The van der Waals surface area contributed by atoms with Gasteiger partial charge in [0, 0.05) is 12.5 Å². The van der Waals surface area contributed by atoms with Gasteiger partial charge >= 0.3 is 0 Å². The Labute approximate surface area is 66.4 Å². The molecular weight excluding hydrogens is 160 g/mol. The third-order valence-corrected chi connectivity index (χ3v) is 1.04. The second kappa shape index (κ2) is 4.85. The number of alkyl halides is 2. The van der Waals surface area contributed by atoms with Gasteiger partial charge in [-0.25, -0.2) is 8.78 Å². The van der Waals surface area contributed by atoms with Crippen LogP contribution < -0.4 is 5.73 Å². The van der Waals surface area contributed by atoms with Crippen molar-refractivity contribution in [2.75, 3.05) is 0 Å². The van der Waals surface area contributed by atoms with Gasteiger partial charge in [0.15, 0.2) is 0 Å². The summed E-state index contributed by atoms with van der Waals surface area (Å²) in [6, 6.07) is -0.115. The summed E-state index contributed by atoms with van der Waals surface area (Å²) in [5, 5.41) is 0. The molecule has 1 atom stereocenters. The van der Waals surface area contributed by atoms with Gasteiger partial charge in [0.1, 0.15) is 0 Å². The molecule has 0 bridgehead atoms. The Bertz CT molecular complexity index is 80.3. The molecule has 0 radical (unpaired) electrons. The SMILES string of the molecule is C[C@@H](N)CCC(C)(F)F.Cl. The predicted molar refractivity (Wildman–Crippen MR) is 40.8 cm³/mol. The molecule has 0 saturated heterocycles. The average Bonchev–Trinajstić information content (AvgIpc) is 1.59. The Kier molecular flexibility index (Phi) is 6.19. The minimum absolute atomic E-state index is 0. The molecule has 1 nitrogen and oxygen atoms in total. The maximum atomic E-state index is 12.0. The van der Waals surface area contributed by atoms with E-state index in [0.717, 1.165) is 6.92 Å². The summed E-state index contributed by atoms with van der Waals surface area (Å²) in [5.74, 6) is -2.55. The number of rotatable bonds is 3. The molecule has 0 amide bonds. The molecule has 64 valence electrons. The van der Waals surface area contributed by atoms with Crippen LogP contribution in [0.1, 0.15) is 26.7 Å². The van der Waals surface area contributed by atoms with E-state index in [-0.39, 0.29) is 24.9 Å². The van der Waals surface area contributed by atoms with E-state index in [9.17, 15) is 8.78 Å². The van der Waals surface area contributed by atoms with Crippen LogP contribution in [0.15, 0.2) is 0 Å². The van der Waals surface area contributed by atoms with E-state index >= 15 is 0 Å². The summed E-state index contributed by atoms with van der Waals surface area (Å²) in [7, 11) is 0. The number of hydrogen-bond donors (Lipinski definition) is 1. The van der Waals surface area contributed by atoms with Crippen LogP contribution in [0.2, 0.25) is 0 Å². The van der Waals surface area contributed by atoms with Crippen molar-refractivity contribution in [3.63, 3.8) is 0 Å². The topological polar surface area (TPSA) is 26.0 Å². The van der Waals surface area contributed by atoms with Crippen molar-refractivity contribution >= 4 is 12.4 Å². The summed E-state index contributed by atoms with van der Waals surface area (Å²) >= 11 is 0. The number of nitrogens with two attached hydrogens (primary N) is 1. The zero-order valence-corrected chi connectivity index (χ0v) is 7.05. The van der Waals surface area contributed by atoms with E-state index in [1.165, 1.54) is 0 Å². The molecule has 0 aromatic rings. The molecular formula is C6H14ClF2N. The fourth-order valence-corrected chi connectivity index (χ4v) is 0.481. The molecule has 0 aliphatic rings. The molecule has 0 unspecified atom stereocenters. The van der Waals surface area contributed by atoms with Crippen molar-refractivity contribution < 1.29 is 8.78 Å². The van der Waals surface area contributed by atoms with Crippen molar-refractivity contribution in [3.8, 4) is 0 Å². The molecule has 2 N–H and O–H groups in total. The summed E-state index contributed by atoms with van der Waals surface area (Å²) in [4.78, 5) is 0. The van der Waals surface area contributed by atoms with E-state index in [4.69, 9.17) is 5.73 Å². The van der Waals surface area contributed by atoms with Gasteiger partial charge < -0.3 is 5.73 Å². The van der Waals surface area contributed by atoms with Crippen LogP contribution in [-0.2, 0) is 0 Å². The van der Waals surface area contributed by atoms with Gasteiger partial charge in [0.25, 0.3) is 0 Å². The molecule has 0 spiro atoms. The molecule has 0 rings (SSSR count). The lowest BCUT2D eigenvalue weighted by Crippen LogP contribution is -2.19. The third-order valence-electron chi connectivity index (χ3n) is 1.04. The Balaban J connectivity index is 0. The maximum Gasteiger partial charge on any atom is 0.245 e. The van der Waals surface area contributed by atoms with Gasteiger partial charge in [-0.1, -0.05) is 0 Å². The number of hydrogen-bond acceptors (Lipinski definition) is 1. The highest BCUT2D eigenvalue weighted by Crippen LogP contribution is 2.18. The molecule has 0 fully saturated rings. The summed E-state index contributed by atoms with van der Waals surface area (Å²) in [5.41, 5.74) is 5.27. The molecule has 0 saturated carbocycles. The number of halogens is 3. The largest absolute Gasteiger partial charge is 0.328 e. The lowest BCUT2D eigenvalue weighted by molar-refractivity contribution is 0.00965. The molecule has 10 heavy (non-hydrogen) atoms. The monoisotopic (exact) mass is 173 g/mol. The Morgan fingerprint density at radius 1 is 1.50 bits per heavy atom. The molecule has 0 aliphatic heterocycles. The van der Waals surface area contributed by atoms with Crippen molar-refractivity contribution in [2.45, 2.75) is 38.7 Å². The quantitative estimate of drug-likeness (QED) is 0.696. The van der Waals surface area contributed by atoms with Crippen LogP contribution in [0.25, 0.3) is 0 Å². The first-order chi connectivity index (χ1) is 3.92. The third kappa shape index (κ3) is 11.0. The van der Waals surface area contributed by atoms with Crippen LogP contribution in [0.4, 0.5) is 8.78 Å². The second-order valence-electron chi connectivity index (χ2n) is 2.59. The standard InChI is InChI=1S/C6H13F2N.ClH/c1-5(9)3-4-6(2,7)8;/h5H,3-4,9H2,1-2H3;1H/t5-;/m1./s1. The van der Waals surface area contributed by atoms with Crippen LogP contribution in [0.3, 0.4) is 0 Å². The van der Waals surface area contributed by atoms with E-state index in [2.05, 4.69) is 0 Å². The first-order valence-electron chi connectivity index (χ1n) is 3.05. The Morgan fingerprint density at radius 3 is 2.00 bits per heavy atom. The highest BCUT2D eigenvalue weighted by molar-refractivity contribution is 5.85. The maximum absolute atomic E-state index is 12.0. The molecule has 0 aliphatic carbocycles. The molecule has 0 aromatic carbocycles. The van der Waals surface area contributed by atoms with Gasteiger partial charge in [0.2, 0.25) is 5.92 Å². The summed E-state index contributed by atoms with van der Waals surface area (Å²) in [6.07, 6.45) is 0.286. The first kappa shape index (κ1) is 12.8. The minimum Gasteiger partial charge on any atom is -0.328 e. The van der Waals surface area contributed by atoms with Crippen molar-refractivity contribution in [3.05, 3.63) is 0 Å². The van der Waals surface area contributed by atoms with E-state index in [1.807, 2.05) is 0 Å². The van der Waals surface area contributed by atoms with Gasteiger partial charge in [-0.15, -0.1) is 12.4 Å². The van der Waals surface area contributed by atoms with Gasteiger partial charge in [-0.3, -0.25) is 0 Å². The highest BCUT2D eigenvalue weighted by Gasteiger charge is 2.20. The van der Waals surface area contributed by atoms with Crippen molar-refractivity contribution in [1.29, 1.82) is 0 Å². The lowest BCUT2D eigenvalue weighted by atomic mass is 10.1. The van der Waals surface area contributed by atoms with Gasteiger partial charge in [-0.2, -0.15) is 0 Å². The molecule has 0 heterocycles. The van der Waals surface area contributed by atoms with Crippen molar-refractivity contribution in [2.24, 2.45) is 5.73 Å².